The molecule has 33 heavy (non-hydrogen) atoms. The highest BCUT2D eigenvalue weighted by Gasteiger charge is 2.19. The highest BCUT2D eigenvalue weighted by molar-refractivity contribution is 7.92. The molecule has 164 valence electrons. The van der Waals surface area contributed by atoms with E-state index in [1.165, 1.54) is 30.7 Å². The molecule has 0 aliphatic carbocycles. The molecular formula is C22H14F2N6O2S. The Hall–Kier alpha value is -4.43. The molecule has 8 nitrogen and oxygen atoms in total. The number of benzene rings is 1. The predicted octanol–water partition coefficient (Wildman–Crippen LogP) is 2.99. The third-order valence-electron chi connectivity index (χ3n) is 4.34. The van der Waals surface area contributed by atoms with Crippen LogP contribution in [-0.4, -0.2) is 28.4 Å². The first-order chi connectivity index (χ1) is 15.8. The Morgan fingerprint density at radius 3 is 2.39 bits per heavy atom. The van der Waals surface area contributed by atoms with E-state index in [9.17, 15) is 12.8 Å². The summed E-state index contributed by atoms with van der Waals surface area (Å²) >= 11 is 0. The van der Waals surface area contributed by atoms with Gasteiger partial charge in [-0.1, -0.05) is 11.8 Å². The summed E-state index contributed by atoms with van der Waals surface area (Å²) in [6.07, 6.45) is 6.92. The van der Waals surface area contributed by atoms with Gasteiger partial charge in [0.1, 0.15) is 10.7 Å². The molecule has 0 fully saturated rings. The number of aromatic nitrogens is 4. The molecule has 0 amide bonds. The Morgan fingerprint density at radius 1 is 0.939 bits per heavy atom. The van der Waals surface area contributed by atoms with E-state index >= 15 is 4.39 Å². The van der Waals surface area contributed by atoms with Gasteiger partial charge < -0.3 is 5.73 Å². The molecule has 11 heteroatoms. The number of nitrogens with zero attached hydrogens (tertiary/aromatic N) is 4. The average Bonchev–Trinajstić information content (AvgIpc) is 2.82. The van der Waals surface area contributed by atoms with Gasteiger partial charge in [-0.3, -0.25) is 14.7 Å². The van der Waals surface area contributed by atoms with Gasteiger partial charge >= 0.3 is 0 Å². The molecule has 0 aliphatic heterocycles. The molecule has 1 aromatic carbocycles. The molecule has 4 rings (SSSR count). The quantitative estimate of drug-likeness (QED) is 0.445. The molecule has 0 aliphatic rings. The molecule has 3 N–H and O–H groups in total. The van der Waals surface area contributed by atoms with Gasteiger partial charge in [-0.2, -0.15) is 0 Å². The van der Waals surface area contributed by atoms with Crippen molar-refractivity contribution in [2.75, 3.05) is 10.5 Å². The van der Waals surface area contributed by atoms with E-state index in [-0.39, 0.29) is 16.4 Å². The second kappa shape index (κ2) is 8.97. The maximum absolute atomic E-state index is 15.0. The summed E-state index contributed by atoms with van der Waals surface area (Å²) in [4.78, 5) is 15.6. The van der Waals surface area contributed by atoms with Gasteiger partial charge in [0.2, 0.25) is 5.95 Å². The maximum atomic E-state index is 15.0. The van der Waals surface area contributed by atoms with Crippen molar-refractivity contribution in [2.45, 2.75) is 4.90 Å². The molecule has 0 saturated heterocycles. The van der Waals surface area contributed by atoms with Gasteiger partial charge in [-0.25, -0.2) is 27.2 Å². The van der Waals surface area contributed by atoms with Crippen molar-refractivity contribution in [2.24, 2.45) is 0 Å². The largest absolute Gasteiger partial charge is 0.368 e. The third kappa shape index (κ3) is 4.76. The summed E-state index contributed by atoms with van der Waals surface area (Å²) in [7, 11) is -4.14. The molecule has 0 unspecified atom stereocenters. The van der Waals surface area contributed by atoms with E-state index in [1.807, 2.05) is 0 Å². The van der Waals surface area contributed by atoms with E-state index in [0.29, 0.717) is 11.3 Å². The van der Waals surface area contributed by atoms with E-state index in [0.717, 1.165) is 18.3 Å². The lowest BCUT2D eigenvalue weighted by atomic mass is 10.1. The molecule has 0 atom stereocenters. The fourth-order valence-electron chi connectivity index (χ4n) is 2.80. The van der Waals surface area contributed by atoms with Crippen molar-refractivity contribution in [3.63, 3.8) is 0 Å². The highest BCUT2D eigenvalue weighted by atomic mass is 32.2. The fraction of sp³-hybridized carbons (Fsp3) is 0. The summed E-state index contributed by atoms with van der Waals surface area (Å²) in [6.45, 7) is 0. The van der Waals surface area contributed by atoms with Crippen LogP contribution in [0.25, 0.3) is 11.3 Å². The zero-order valence-corrected chi connectivity index (χ0v) is 17.5. The molecule has 0 radical (unpaired) electrons. The second-order valence-electron chi connectivity index (χ2n) is 6.56. The minimum Gasteiger partial charge on any atom is -0.368 e. The van der Waals surface area contributed by atoms with Crippen molar-refractivity contribution in [1.29, 1.82) is 0 Å². The second-order valence-corrected chi connectivity index (χ2v) is 8.24. The lowest BCUT2D eigenvalue weighted by Crippen LogP contribution is -2.14. The van der Waals surface area contributed by atoms with Crippen LogP contribution in [0.2, 0.25) is 0 Å². The molecule has 4 aromatic rings. The number of nitrogen functional groups attached to an aromatic ring is 1. The fourth-order valence-corrected chi connectivity index (χ4v) is 3.82. The van der Waals surface area contributed by atoms with Crippen molar-refractivity contribution < 1.29 is 17.2 Å². The number of pyridine rings is 2. The van der Waals surface area contributed by atoms with Crippen LogP contribution in [0.1, 0.15) is 11.1 Å². The number of rotatable bonds is 4. The maximum Gasteiger partial charge on any atom is 0.263 e. The Kier molecular flexibility index (Phi) is 5.93. The number of nitrogens with one attached hydrogen (secondary N) is 1. The average molecular weight is 464 g/mol. The molecule has 0 spiro atoms. The number of sulfonamides is 1. The monoisotopic (exact) mass is 464 g/mol. The summed E-state index contributed by atoms with van der Waals surface area (Å²) < 4.78 is 56.5. The normalized spacial score (nSPS) is 10.8. The van der Waals surface area contributed by atoms with Gasteiger partial charge in [0.25, 0.3) is 10.0 Å². The number of nitrogens with two attached hydrogens (primary N) is 1. The van der Waals surface area contributed by atoms with Crippen molar-refractivity contribution >= 4 is 21.7 Å². The Labute approximate surface area is 187 Å². The molecular weight excluding hydrogens is 450 g/mol. The van der Waals surface area contributed by atoms with Gasteiger partial charge in [-0.15, -0.1) is 0 Å². The minimum absolute atomic E-state index is 0.0106. The number of hydrogen-bond donors (Lipinski definition) is 2. The van der Waals surface area contributed by atoms with Crippen LogP contribution in [0, 0.1) is 23.5 Å². The van der Waals surface area contributed by atoms with E-state index in [1.54, 1.807) is 18.3 Å². The van der Waals surface area contributed by atoms with Crippen molar-refractivity contribution in [3.8, 4) is 23.1 Å². The summed E-state index contributed by atoms with van der Waals surface area (Å²) in [5.74, 6) is 2.89. The van der Waals surface area contributed by atoms with Crippen LogP contribution in [-0.2, 0) is 10.0 Å². The van der Waals surface area contributed by atoms with Gasteiger partial charge in [-0.05, 0) is 36.4 Å². The van der Waals surface area contributed by atoms with Crippen LogP contribution in [0.5, 0.6) is 0 Å². The Balaban J connectivity index is 1.74. The minimum atomic E-state index is -4.14. The van der Waals surface area contributed by atoms with Crippen LogP contribution in [0.15, 0.2) is 72.3 Å². The van der Waals surface area contributed by atoms with Crippen LogP contribution < -0.4 is 10.5 Å². The van der Waals surface area contributed by atoms with E-state index in [2.05, 4.69) is 36.5 Å². The first-order valence-corrected chi connectivity index (χ1v) is 10.8. The smallest absolute Gasteiger partial charge is 0.263 e. The molecule has 0 bridgehead atoms. The SMILES string of the molecule is Nc1ncc(C#Cc2c(F)ccc(NS(=O)(=O)c3cccnc3)c2F)c(-c2cccnc2)n1. The number of hydrogen-bond acceptors (Lipinski definition) is 7. The molecule has 3 aromatic heterocycles. The first kappa shape index (κ1) is 21.8. The van der Waals surface area contributed by atoms with Gasteiger partial charge in [0, 0.05) is 36.5 Å². The van der Waals surface area contributed by atoms with Gasteiger partial charge in [0.05, 0.1) is 22.5 Å². The molecule has 0 saturated carbocycles. The van der Waals surface area contributed by atoms with Crippen LogP contribution in [0.4, 0.5) is 20.4 Å². The summed E-state index contributed by atoms with van der Waals surface area (Å²) in [5.41, 5.74) is 5.73. The van der Waals surface area contributed by atoms with E-state index < -0.39 is 32.9 Å². The summed E-state index contributed by atoms with van der Waals surface area (Å²) in [6, 6.07) is 7.99. The topological polar surface area (TPSA) is 124 Å². The van der Waals surface area contributed by atoms with Crippen LogP contribution in [0.3, 0.4) is 0 Å². The predicted molar refractivity (Wildman–Crippen MR) is 117 cm³/mol. The van der Waals surface area contributed by atoms with Gasteiger partial charge in [0.15, 0.2) is 5.82 Å². The third-order valence-corrected chi connectivity index (χ3v) is 5.70. The van der Waals surface area contributed by atoms with Crippen molar-refractivity contribution in [1.82, 2.24) is 19.9 Å². The first-order valence-electron chi connectivity index (χ1n) is 9.31. The Morgan fingerprint density at radius 2 is 1.70 bits per heavy atom. The number of anilines is 2. The van der Waals surface area contributed by atoms with Crippen molar-refractivity contribution in [3.05, 3.63) is 90.1 Å². The molecule has 3 heterocycles. The van der Waals surface area contributed by atoms with Crippen LogP contribution >= 0.6 is 0 Å². The highest BCUT2D eigenvalue weighted by Crippen LogP contribution is 2.24. The Bertz CT molecular complexity index is 1490. The lowest BCUT2D eigenvalue weighted by molar-refractivity contribution is 0.578. The standard InChI is InChI=1S/C22H14F2N6O2S/c23-18-7-8-19(30-33(31,32)16-4-2-10-27-13-16)20(24)17(18)6-5-15-12-28-22(25)29-21(15)14-3-1-9-26-11-14/h1-4,7-13,30H,(H2,25,28,29). The lowest BCUT2D eigenvalue weighted by Gasteiger charge is -2.10. The zero-order valence-electron chi connectivity index (χ0n) is 16.7. The summed E-state index contributed by atoms with van der Waals surface area (Å²) in [5, 5.41) is 0. The number of halogens is 2. The zero-order chi connectivity index (χ0) is 23.4. The van der Waals surface area contributed by atoms with E-state index in [4.69, 9.17) is 5.73 Å².